The predicted octanol–water partition coefficient (Wildman–Crippen LogP) is 3.10. The van der Waals surface area contributed by atoms with Crippen molar-refractivity contribution in [2.75, 3.05) is 6.54 Å². The van der Waals surface area contributed by atoms with Crippen LogP contribution in [0.3, 0.4) is 0 Å². The van der Waals surface area contributed by atoms with Gasteiger partial charge in [-0.2, -0.15) is 0 Å². The number of benzene rings is 1. The second kappa shape index (κ2) is 5.34. The third-order valence-corrected chi connectivity index (χ3v) is 5.43. The Morgan fingerprint density at radius 3 is 3.09 bits per heavy atom. The molecule has 22 heavy (non-hydrogen) atoms. The molecule has 1 atom stereocenters. The van der Waals surface area contributed by atoms with Crippen molar-refractivity contribution in [2.24, 2.45) is 0 Å². The minimum atomic E-state index is -0.0549. The van der Waals surface area contributed by atoms with Gasteiger partial charge in [0.25, 0.3) is 5.56 Å². The highest BCUT2D eigenvalue weighted by molar-refractivity contribution is 7.10. The van der Waals surface area contributed by atoms with E-state index in [0.29, 0.717) is 5.39 Å². The molecule has 1 aliphatic heterocycles. The number of thiophene rings is 1. The molecule has 0 aliphatic carbocycles. The molecule has 0 bridgehead atoms. The minimum Gasteiger partial charge on any atom is -0.309 e. The summed E-state index contributed by atoms with van der Waals surface area (Å²) in [5.41, 5.74) is 2.12. The number of aromatic nitrogens is 2. The zero-order valence-corrected chi connectivity index (χ0v) is 13.2. The summed E-state index contributed by atoms with van der Waals surface area (Å²) in [5, 5.41) is 2.81. The van der Waals surface area contributed by atoms with E-state index in [1.54, 1.807) is 0 Å². The second-order valence-corrected chi connectivity index (χ2v) is 6.73. The number of fused-ring (bicyclic) bond motifs is 2. The number of H-pyrrole nitrogens is 1. The van der Waals surface area contributed by atoms with Gasteiger partial charge in [0, 0.05) is 18.0 Å². The van der Waals surface area contributed by atoms with Gasteiger partial charge in [0.15, 0.2) is 0 Å². The molecule has 0 amide bonds. The molecular formula is C17H17N3OS. The first-order valence-corrected chi connectivity index (χ1v) is 8.38. The fraction of sp³-hybridized carbons (Fsp3) is 0.294. The Hall–Kier alpha value is -1.98. The van der Waals surface area contributed by atoms with Gasteiger partial charge >= 0.3 is 0 Å². The quantitative estimate of drug-likeness (QED) is 0.791. The van der Waals surface area contributed by atoms with Crippen molar-refractivity contribution in [1.82, 2.24) is 14.9 Å². The van der Waals surface area contributed by atoms with Gasteiger partial charge in [-0.05, 0) is 42.5 Å². The normalized spacial score (nSPS) is 16.6. The number of nitrogens with zero attached hydrogens (tertiary/aromatic N) is 2. The standard InChI is InChI=1S/C17H17N3OS/c1-11(20-8-6-15-12(10-20)7-9-22-15)16-18-14-5-3-2-4-13(14)17(21)19-16/h2-5,7,9,11H,6,8,10H2,1H3,(H,18,19,21)/t11-/m1/s1. The number of hydrogen-bond donors (Lipinski definition) is 1. The molecule has 2 aromatic heterocycles. The molecule has 4 rings (SSSR count). The summed E-state index contributed by atoms with van der Waals surface area (Å²) in [6, 6.07) is 9.80. The van der Waals surface area contributed by atoms with E-state index < -0.39 is 0 Å². The first-order valence-electron chi connectivity index (χ1n) is 7.50. The lowest BCUT2D eigenvalue weighted by Crippen LogP contribution is -2.33. The molecule has 112 valence electrons. The van der Waals surface area contributed by atoms with E-state index in [9.17, 15) is 4.79 Å². The molecule has 5 heteroatoms. The number of rotatable bonds is 2. The average molecular weight is 311 g/mol. The fourth-order valence-corrected chi connectivity index (χ4v) is 3.97. The van der Waals surface area contributed by atoms with Gasteiger partial charge < -0.3 is 4.98 Å². The maximum absolute atomic E-state index is 12.2. The van der Waals surface area contributed by atoms with Gasteiger partial charge in [-0.3, -0.25) is 9.69 Å². The van der Waals surface area contributed by atoms with E-state index in [4.69, 9.17) is 0 Å². The Balaban J connectivity index is 1.69. The van der Waals surface area contributed by atoms with Crippen molar-refractivity contribution in [3.8, 4) is 0 Å². The number of para-hydroxylation sites is 1. The first kappa shape index (κ1) is 13.7. The lowest BCUT2D eigenvalue weighted by atomic mass is 10.1. The van der Waals surface area contributed by atoms with Crippen LogP contribution in [0, 0.1) is 0 Å². The van der Waals surface area contributed by atoms with Crippen molar-refractivity contribution >= 4 is 22.2 Å². The summed E-state index contributed by atoms with van der Waals surface area (Å²) in [4.78, 5) is 23.7. The summed E-state index contributed by atoms with van der Waals surface area (Å²) in [7, 11) is 0. The molecule has 0 unspecified atom stereocenters. The third-order valence-electron chi connectivity index (χ3n) is 4.41. The number of nitrogens with one attached hydrogen (secondary N) is 1. The van der Waals surface area contributed by atoms with Crippen LogP contribution in [-0.2, 0) is 13.0 Å². The van der Waals surface area contributed by atoms with Crippen LogP contribution in [0.1, 0.15) is 29.2 Å². The van der Waals surface area contributed by atoms with Crippen LogP contribution in [0.4, 0.5) is 0 Å². The summed E-state index contributed by atoms with van der Waals surface area (Å²) in [6.45, 7) is 4.05. The molecule has 1 N–H and O–H groups in total. The highest BCUT2D eigenvalue weighted by Crippen LogP contribution is 2.29. The number of hydrogen-bond acceptors (Lipinski definition) is 4. The van der Waals surface area contributed by atoms with Crippen molar-refractivity contribution < 1.29 is 0 Å². The fourth-order valence-electron chi connectivity index (χ4n) is 3.08. The van der Waals surface area contributed by atoms with Gasteiger partial charge in [-0.15, -0.1) is 11.3 Å². The van der Waals surface area contributed by atoms with Crippen LogP contribution < -0.4 is 5.56 Å². The molecule has 0 radical (unpaired) electrons. The Bertz CT molecular complexity index is 883. The molecule has 4 nitrogen and oxygen atoms in total. The zero-order valence-electron chi connectivity index (χ0n) is 12.4. The molecule has 0 saturated carbocycles. The van der Waals surface area contributed by atoms with Gasteiger partial charge in [0.2, 0.25) is 0 Å². The second-order valence-electron chi connectivity index (χ2n) is 5.73. The van der Waals surface area contributed by atoms with Crippen molar-refractivity contribution in [3.05, 3.63) is 62.3 Å². The summed E-state index contributed by atoms with van der Waals surface area (Å²) >= 11 is 1.84. The maximum atomic E-state index is 12.2. The van der Waals surface area contributed by atoms with Crippen LogP contribution in [-0.4, -0.2) is 21.4 Å². The van der Waals surface area contributed by atoms with Gasteiger partial charge in [0.05, 0.1) is 16.9 Å². The smallest absolute Gasteiger partial charge is 0.258 e. The van der Waals surface area contributed by atoms with Crippen molar-refractivity contribution in [2.45, 2.75) is 25.9 Å². The summed E-state index contributed by atoms with van der Waals surface area (Å²) in [6.07, 6.45) is 1.08. The lowest BCUT2D eigenvalue weighted by molar-refractivity contribution is 0.186. The van der Waals surface area contributed by atoms with Gasteiger partial charge in [0.1, 0.15) is 5.82 Å². The van der Waals surface area contributed by atoms with Crippen LogP contribution in [0.5, 0.6) is 0 Å². The summed E-state index contributed by atoms with van der Waals surface area (Å²) in [5.74, 6) is 0.752. The Morgan fingerprint density at radius 2 is 2.18 bits per heavy atom. The maximum Gasteiger partial charge on any atom is 0.258 e. The highest BCUT2D eigenvalue weighted by Gasteiger charge is 2.24. The Morgan fingerprint density at radius 1 is 1.32 bits per heavy atom. The molecule has 3 aromatic rings. The van der Waals surface area contributed by atoms with Gasteiger partial charge in [-0.25, -0.2) is 4.98 Å². The highest BCUT2D eigenvalue weighted by atomic mass is 32.1. The van der Waals surface area contributed by atoms with E-state index in [2.05, 4.69) is 33.2 Å². The van der Waals surface area contributed by atoms with Crippen molar-refractivity contribution in [3.63, 3.8) is 0 Å². The SMILES string of the molecule is C[C@H](c1nc2ccccc2c(=O)[nH]1)N1CCc2sccc2C1. The lowest BCUT2D eigenvalue weighted by Gasteiger charge is -2.31. The van der Waals surface area contributed by atoms with E-state index in [-0.39, 0.29) is 11.6 Å². The zero-order chi connectivity index (χ0) is 15.1. The van der Waals surface area contributed by atoms with Crippen LogP contribution >= 0.6 is 11.3 Å². The third kappa shape index (κ3) is 2.26. The van der Waals surface area contributed by atoms with Crippen molar-refractivity contribution in [1.29, 1.82) is 0 Å². The number of aromatic amines is 1. The van der Waals surface area contributed by atoms with Crippen LogP contribution in [0.25, 0.3) is 10.9 Å². The minimum absolute atomic E-state index is 0.0549. The largest absolute Gasteiger partial charge is 0.309 e. The summed E-state index contributed by atoms with van der Waals surface area (Å²) < 4.78 is 0. The van der Waals surface area contributed by atoms with Crippen LogP contribution in [0.15, 0.2) is 40.5 Å². The Labute approximate surface area is 132 Å². The molecule has 1 aliphatic rings. The molecular weight excluding hydrogens is 294 g/mol. The average Bonchev–Trinajstić information content (AvgIpc) is 3.01. The van der Waals surface area contributed by atoms with E-state index in [1.807, 2.05) is 35.6 Å². The predicted molar refractivity (Wildman–Crippen MR) is 89.2 cm³/mol. The van der Waals surface area contributed by atoms with Gasteiger partial charge in [-0.1, -0.05) is 12.1 Å². The molecule has 0 spiro atoms. The van der Waals surface area contributed by atoms with Crippen LogP contribution in [0.2, 0.25) is 0 Å². The molecule has 1 aromatic carbocycles. The van der Waals surface area contributed by atoms with E-state index >= 15 is 0 Å². The first-order chi connectivity index (χ1) is 10.7. The monoisotopic (exact) mass is 311 g/mol. The van der Waals surface area contributed by atoms with E-state index in [0.717, 1.165) is 30.9 Å². The Kier molecular flexibility index (Phi) is 3.32. The van der Waals surface area contributed by atoms with E-state index in [1.165, 1.54) is 10.4 Å². The molecule has 0 saturated heterocycles. The topological polar surface area (TPSA) is 49.0 Å². The molecule has 3 heterocycles. The molecule has 0 fully saturated rings.